The summed E-state index contributed by atoms with van der Waals surface area (Å²) in [5.41, 5.74) is 0.359. The van der Waals surface area contributed by atoms with Gasteiger partial charge in [0.2, 0.25) is 5.91 Å². The highest BCUT2D eigenvalue weighted by atomic mass is 19.1. The van der Waals surface area contributed by atoms with E-state index in [9.17, 15) is 19.1 Å². The van der Waals surface area contributed by atoms with Crippen LogP contribution in [0.4, 0.5) is 4.39 Å². The summed E-state index contributed by atoms with van der Waals surface area (Å²) in [5.74, 6) is -3.55. The van der Waals surface area contributed by atoms with E-state index in [1.54, 1.807) is 30.4 Å². The number of carboxylic acid groups (broad SMARTS) is 1. The molecule has 2 N–H and O–H groups in total. The Morgan fingerprint density at radius 1 is 1.19 bits per heavy atom. The maximum absolute atomic E-state index is 13.5. The third-order valence-corrected chi connectivity index (χ3v) is 3.90. The highest BCUT2D eigenvalue weighted by Crippen LogP contribution is 2.39. The number of nitrogens with one attached hydrogen (secondary N) is 1. The molecule has 2 bridgehead atoms. The standard InChI is InChI=1S/C15H14FNO4/c16-9-4-2-1-3-8(9)7-17-14(18)12-10-5-6-11(21-10)13(12)15(19)20/h1-6,10-13H,7H2,(H,17,18)(H,19,20)/t10-,11+,12-,13+/m1/s1. The molecule has 0 spiro atoms. The minimum Gasteiger partial charge on any atom is -0.481 e. The van der Waals surface area contributed by atoms with E-state index < -0.39 is 41.7 Å². The number of carbonyl (C=O) groups is 2. The second-order valence-electron chi connectivity index (χ2n) is 5.15. The van der Waals surface area contributed by atoms with Gasteiger partial charge in [-0.05, 0) is 6.07 Å². The molecule has 0 aliphatic carbocycles. The molecule has 21 heavy (non-hydrogen) atoms. The molecular weight excluding hydrogens is 277 g/mol. The second kappa shape index (κ2) is 5.29. The van der Waals surface area contributed by atoms with E-state index in [2.05, 4.69) is 5.32 Å². The molecule has 4 atom stereocenters. The van der Waals surface area contributed by atoms with Gasteiger partial charge in [0.05, 0.1) is 18.1 Å². The van der Waals surface area contributed by atoms with Gasteiger partial charge in [-0.2, -0.15) is 0 Å². The molecule has 1 saturated heterocycles. The average molecular weight is 291 g/mol. The Labute approximate surface area is 120 Å². The van der Waals surface area contributed by atoms with Gasteiger partial charge >= 0.3 is 5.97 Å². The van der Waals surface area contributed by atoms with Gasteiger partial charge in [0.25, 0.3) is 0 Å². The zero-order valence-electron chi connectivity index (χ0n) is 11.0. The maximum atomic E-state index is 13.5. The van der Waals surface area contributed by atoms with E-state index in [1.165, 1.54) is 6.07 Å². The molecule has 6 heteroatoms. The largest absolute Gasteiger partial charge is 0.481 e. The highest BCUT2D eigenvalue weighted by molar-refractivity contribution is 5.87. The normalized spacial score (nSPS) is 29.6. The molecule has 1 fully saturated rings. The summed E-state index contributed by atoms with van der Waals surface area (Å²) >= 11 is 0. The number of hydrogen-bond acceptors (Lipinski definition) is 3. The SMILES string of the molecule is O=C(O)[C@@H]1[C@H](C(=O)NCc2ccccc2F)[C@H]2C=C[C@@H]1O2. The molecule has 2 heterocycles. The van der Waals surface area contributed by atoms with Crippen LogP contribution in [-0.4, -0.2) is 29.2 Å². The van der Waals surface area contributed by atoms with E-state index in [0.29, 0.717) is 5.56 Å². The Bertz CT molecular complexity index is 615. The Balaban J connectivity index is 1.69. The Hall–Kier alpha value is -2.21. The Morgan fingerprint density at radius 3 is 2.52 bits per heavy atom. The summed E-state index contributed by atoms with van der Waals surface area (Å²) in [4.78, 5) is 23.5. The predicted molar refractivity (Wildman–Crippen MR) is 70.7 cm³/mol. The van der Waals surface area contributed by atoms with Crippen molar-refractivity contribution >= 4 is 11.9 Å². The molecule has 1 aromatic rings. The number of aliphatic carboxylic acids is 1. The van der Waals surface area contributed by atoms with Crippen LogP contribution in [0, 0.1) is 17.7 Å². The molecule has 0 radical (unpaired) electrons. The fraction of sp³-hybridized carbons (Fsp3) is 0.333. The summed E-state index contributed by atoms with van der Waals surface area (Å²) < 4.78 is 18.9. The molecule has 1 amide bonds. The van der Waals surface area contributed by atoms with E-state index in [-0.39, 0.29) is 6.54 Å². The summed E-state index contributed by atoms with van der Waals surface area (Å²) in [6.07, 6.45) is 2.30. The predicted octanol–water partition coefficient (Wildman–Crippen LogP) is 1.10. The van der Waals surface area contributed by atoms with Crippen molar-refractivity contribution in [3.8, 4) is 0 Å². The first kappa shape index (κ1) is 13.8. The molecule has 2 aliphatic heterocycles. The lowest BCUT2D eigenvalue weighted by molar-refractivity contribution is -0.146. The fourth-order valence-corrected chi connectivity index (χ4v) is 2.86. The molecule has 0 aromatic heterocycles. The lowest BCUT2D eigenvalue weighted by atomic mass is 9.82. The number of rotatable bonds is 4. The minimum absolute atomic E-state index is 0.0233. The van der Waals surface area contributed by atoms with Crippen LogP contribution in [0.1, 0.15) is 5.56 Å². The zero-order chi connectivity index (χ0) is 15.0. The number of halogens is 1. The molecule has 110 valence electrons. The van der Waals surface area contributed by atoms with Gasteiger partial charge in [-0.25, -0.2) is 4.39 Å². The van der Waals surface area contributed by atoms with Crippen molar-refractivity contribution in [3.63, 3.8) is 0 Å². The van der Waals surface area contributed by atoms with Crippen molar-refractivity contribution in [1.29, 1.82) is 0 Å². The Morgan fingerprint density at radius 2 is 1.86 bits per heavy atom. The molecule has 1 aromatic carbocycles. The summed E-state index contributed by atoms with van der Waals surface area (Å²) in [6, 6.07) is 6.12. The van der Waals surface area contributed by atoms with Crippen molar-refractivity contribution in [3.05, 3.63) is 47.8 Å². The van der Waals surface area contributed by atoms with Crippen LogP contribution in [0.5, 0.6) is 0 Å². The monoisotopic (exact) mass is 291 g/mol. The lowest BCUT2D eigenvalue weighted by Gasteiger charge is -2.21. The summed E-state index contributed by atoms with van der Waals surface area (Å²) in [6.45, 7) is 0.0233. The van der Waals surface area contributed by atoms with Crippen LogP contribution >= 0.6 is 0 Å². The van der Waals surface area contributed by atoms with Crippen LogP contribution in [0.25, 0.3) is 0 Å². The van der Waals surface area contributed by atoms with Gasteiger partial charge in [0.15, 0.2) is 0 Å². The molecule has 3 rings (SSSR count). The van der Waals surface area contributed by atoms with Gasteiger partial charge in [0, 0.05) is 12.1 Å². The molecule has 0 unspecified atom stereocenters. The first-order chi connectivity index (χ1) is 10.1. The van der Waals surface area contributed by atoms with Crippen molar-refractivity contribution < 1.29 is 23.8 Å². The number of benzene rings is 1. The first-order valence-electron chi connectivity index (χ1n) is 6.65. The number of amides is 1. The van der Waals surface area contributed by atoms with E-state index in [0.717, 1.165) is 0 Å². The minimum atomic E-state index is -1.06. The first-order valence-corrected chi connectivity index (χ1v) is 6.65. The number of carbonyl (C=O) groups excluding carboxylic acids is 1. The van der Waals surface area contributed by atoms with E-state index in [4.69, 9.17) is 4.74 Å². The van der Waals surface area contributed by atoms with Crippen LogP contribution in [-0.2, 0) is 20.9 Å². The molecule has 5 nitrogen and oxygen atoms in total. The van der Waals surface area contributed by atoms with E-state index in [1.807, 2.05) is 0 Å². The zero-order valence-corrected chi connectivity index (χ0v) is 11.0. The number of carboxylic acids is 1. The van der Waals surface area contributed by atoms with Crippen molar-refractivity contribution in [2.45, 2.75) is 18.8 Å². The Kier molecular flexibility index (Phi) is 3.47. The van der Waals surface area contributed by atoms with Gasteiger partial charge in [-0.1, -0.05) is 30.4 Å². The third-order valence-electron chi connectivity index (χ3n) is 3.90. The maximum Gasteiger partial charge on any atom is 0.310 e. The summed E-state index contributed by atoms with van der Waals surface area (Å²) in [7, 11) is 0. The van der Waals surface area contributed by atoms with Crippen LogP contribution in [0.2, 0.25) is 0 Å². The highest BCUT2D eigenvalue weighted by Gasteiger charge is 2.53. The lowest BCUT2D eigenvalue weighted by Crippen LogP contribution is -2.42. The molecule has 0 saturated carbocycles. The van der Waals surface area contributed by atoms with E-state index >= 15 is 0 Å². The van der Waals surface area contributed by atoms with Crippen molar-refractivity contribution in [2.75, 3.05) is 0 Å². The van der Waals surface area contributed by atoms with Crippen LogP contribution in [0.15, 0.2) is 36.4 Å². The quantitative estimate of drug-likeness (QED) is 0.814. The summed E-state index contributed by atoms with van der Waals surface area (Å²) in [5, 5.41) is 11.8. The third kappa shape index (κ3) is 2.42. The van der Waals surface area contributed by atoms with Crippen LogP contribution in [0.3, 0.4) is 0 Å². The van der Waals surface area contributed by atoms with Crippen molar-refractivity contribution in [2.24, 2.45) is 11.8 Å². The average Bonchev–Trinajstić information content (AvgIpc) is 3.06. The van der Waals surface area contributed by atoms with Gasteiger partial charge < -0.3 is 15.2 Å². The number of ether oxygens (including phenoxy) is 1. The second-order valence-corrected chi connectivity index (χ2v) is 5.15. The van der Waals surface area contributed by atoms with Gasteiger partial charge in [-0.15, -0.1) is 0 Å². The van der Waals surface area contributed by atoms with Crippen LogP contribution < -0.4 is 5.32 Å². The van der Waals surface area contributed by atoms with Gasteiger partial charge in [0.1, 0.15) is 11.7 Å². The smallest absolute Gasteiger partial charge is 0.310 e. The molecular formula is C15H14FNO4. The molecule has 2 aliphatic rings. The number of fused-ring (bicyclic) bond motifs is 2. The number of hydrogen-bond donors (Lipinski definition) is 2. The fourth-order valence-electron chi connectivity index (χ4n) is 2.86. The van der Waals surface area contributed by atoms with Crippen molar-refractivity contribution in [1.82, 2.24) is 5.32 Å². The topological polar surface area (TPSA) is 75.6 Å². The van der Waals surface area contributed by atoms with Gasteiger partial charge in [-0.3, -0.25) is 9.59 Å².